The molecule has 150 valence electrons. The lowest BCUT2D eigenvalue weighted by Crippen LogP contribution is -2.22. The van der Waals surface area contributed by atoms with E-state index in [0.717, 1.165) is 23.7 Å². The average molecular weight is 347 g/mol. The first-order valence-electron chi connectivity index (χ1n) is 10.8. The molecule has 0 aliphatic heterocycles. The minimum atomic E-state index is 0. The van der Waals surface area contributed by atoms with Crippen LogP contribution < -0.4 is 0 Å². The molecule has 3 aliphatic rings. The van der Waals surface area contributed by atoms with E-state index in [4.69, 9.17) is 0 Å². The van der Waals surface area contributed by atoms with Crippen LogP contribution in [0.4, 0.5) is 0 Å². The second-order valence-corrected chi connectivity index (χ2v) is 8.16. The van der Waals surface area contributed by atoms with E-state index in [1.165, 1.54) is 64.2 Å². The zero-order valence-electron chi connectivity index (χ0n) is 17.2. The minimum Gasteiger partial charge on any atom is -0.412 e. The van der Waals surface area contributed by atoms with Crippen molar-refractivity contribution in [3.05, 3.63) is 0 Å². The Morgan fingerprint density at radius 3 is 1.17 bits per heavy atom. The Labute approximate surface area is 154 Å². The standard InChI is InChI=1S/C13H24.C7H14.C2H6.2H2O.H2/c1-11-7-9-13(10-8-11)12-5-3-2-4-6-12;1-7-5-3-2-4-6-7;1-2;;;/h11-13H,2-10H2,1H3;7H,2-6H2,1H3;1-2H3;2*1H2;1H. The second-order valence-electron chi connectivity index (χ2n) is 8.16. The van der Waals surface area contributed by atoms with Crippen LogP contribution in [0.2, 0.25) is 0 Å². The van der Waals surface area contributed by atoms with Crippen molar-refractivity contribution in [2.45, 2.75) is 118 Å². The first-order chi connectivity index (χ1) is 10.8. The molecule has 3 aliphatic carbocycles. The van der Waals surface area contributed by atoms with Crippen molar-refractivity contribution in [3.8, 4) is 0 Å². The highest BCUT2D eigenvalue weighted by Gasteiger charge is 2.26. The summed E-state index contributed by atoms with van der Waals surface area (Å²) in [6.07, 6.45) is 21.2. The van der Waals surface area contributed by atoms with Gasteiger partial charge in [-0.2, -0.15) is 0 Å². The third-order valence-corrected chi connectivity index (χ3v) is 6.27. The Balaban J connectivity index is -0.000000352. The van der Waals surface area contributed by atoms with Crippen LogP contribution in [-0.4, -0.2) is 11.0 Å². The molecule has 3 fully saturated rings. The van der Waals surface area contributed by atoms with E-state index in [2.05, 4.69) is 13.8 Å². The first-order valence-corrected chi connectivity index (χ1v) is 10.8. The van der Waals surface area contributed by atoms with Crippen molar-refractivity contribution in [2.24, 2.45) is 23.7 Å². The summed E-state index contributed by atoms with van der Waals surface area (Å²) in [6.45, 7) is 8.79. The van der Waals surface area contributed by atoms with Gasteiger partial charge in [0.15, 0.2) is 0 Å². The maximum absolute atomic E-state index is 2.43. The lowest BCUT2D eigenvalue weighted by Gasteiger charge is -2.34. The maximum atomic E-state index is 2.43. The molecule has 4 N–H and O–H groups in total. The van der Waals surface area contributed by atoms with Gasteiger partial charge in [-0.25, -0.2) is 0 Å². The molecule has 0 saturated heterocycles. The fraction of sp³-hybridized carbons (Fsp3) is 1.00. The Bertz CT molecular complexity index is 240. The summed E-state index contributed by atoms with van der Waals surface area (Å²) in [6, 6.07) is 0. The molecule has 3 rings (SSSR count). The molecule has 0 unspecified atom stereocenters. The van der Waals surface area contributed by atoms with Crippen molar-refractivity contribution in [1.82, 2.24) is 0 Å². The molecule has 0 aromatic rings. The zero-order chi connectivity index (χ0) is 16.2. The molecule has 0 bridgehead atoms. The van der Waals surface area contributed by atoms with Gasteiger partial charge in [0.25, 0.3) is 0 Å². The van der Waals surface area contributed by atoms with Gasteiger partial charge in [-0.3, -0.25) is 0 Å². The highest BCUT2D eigenvalue weighted by Crippen LogP contribution is 2.39. The quantitative estimate of drug-likeness (QED) is 0.513. The summed E-state index contributed by atoms with van der Waals surface area (Å²) in [5.41, 5.74) is 0. The van der Waals surface area contributed by atoms with E-state index >= 15 is 0 Å². The number of hydrogen-bond donors (Lipinski definition) is 0. The maximum Gasteiger partial charge on any atom is 0 e. The lowest BCUT2D eigenvalue weighted by molar-refractivity contribution is 0.173. The topological polar surface area (TPSA) is 63.0 Å². The molecule has 24 heavy (non-hydrogen) atoms. The summed E-state index contributed by atoms with van der Waals surface area (Å²) < 4.78 is 0. The molecule has 2 heteroatoms. The number of rotatable bonds is 1. The van der Waals surface area contributed by atoms with Gasteiger partial charge in [-0.15, -0.1) is 0 Å². The van der Waals surface area contributed by atoms with Crippen LogP contribution in [0.5, 0.6) is 0 Å². The largest absolute Gasteiger partial charge is 0.412 e. The van der Waals surface area contributed by atoms with E-state index in [-0.39, 0.29) is 12.4 Å². The molecule has 0 aromatic heterocycles. The Morgan fingerprint density at radius 2 is 0.792 bits per heavy atom. The van der Waals surface area contributed by atoms with Crippen LogP contribution in [0.1, 0.15) is 119 Å². The molecule has 2 nitrogen and oxygen atoms in total. The Kier molecular flexibility index (Phi) is 17.9. The molecule has 0 aromatic carbocycles. The summed E-state index contributed by atoms with van der Waals surface area (Å²) in [5.74, 6) is 4.31. The predicted molar refractivity (Wildman–Crippen MR) is 111 cm³/mol. The van der Waals surface area contributed by atoms with Crippen molar-refractivity contribution >= 4 is 0 Å². The van der Waals surface area contributed by atoms with Crippen LogP contribution in [-0.2, 0) is 0 Å². The third-order valence-electron chi connectivity index (χ3n) is 6.27. The summed E-state index contributed by atoms with van der Waals surface area (Å²) in [5, 5.41) is 0. The van der Waals surface area contributed by atoms with Crippen molar-refractivity contribution < 1.29 is 12.4 Å². The molecule has 3 saturated carbocycles. The summed E-state index contributed by atoms with van der Waals surface area (Å²) >= 11 is 0. The van der Waals surface area contributed by atoms with Gasteiger partial charge in [-0.1, -0.05) is 105 Å². The minimum absolute atomic E-state index is 0. The van der Waals surface area contributed by atoms with Crippen molar-refractivity contribution in [1.29, 1.82) is 0 Å². The van der Waals surface area contributed by atoms with Crippen LogP contribution in [0.25, 0.3) is 0 Å². The average Bonchev–Trinajstić information content (AvgIpc) is 2.59. The van der Waals surface area contributed by atoms with Gasteiger partial charge in [0.2, 0.25) is 0 Å². The fourth-order valence-electron chi connectivity index (χ4n) is 4.67. The summed E-state index contributed by atoms with van der Waals surface area (Å²) in [7, 11) is 0. The van der Waals surface area contributed by atoms with Crippen LogP contribution in [0.15, 0.2) is 0 Å². The van der Waals surface area contributed by atoms with E-state index in [9.17, 15) is 0 Å². The molecule has 0 atom stereocenters. The molecule has 0 radical (unpaired) electrons. The highest BCUT2D eigenvalue weighted by molar-refractivity contribution is 4.78. The molecule has 0 heterocycles. The molecule has 0 spiro atoms. The van der Waals surface area contributed by atoms with E-state index in [1.807, 2.05) is 13.8 Å². The summed E-state index contributed by atoms with van der Waals surface area (Å²) in [4.78, 5) is 0. The predicted octanol–water partition coefficient (Wildman–Crippen LogP) is 6.60. The normalized spacial score (nSPS) is 28.0. The van der Waals surface area contributed by atoms with Crippen LogP contribution >= 0.6 is 0 Å². The fourth-order valence-corrected chi connectivity index (χ4v) is 4.67. The van der Waals surface area contributed by atoms with Crippen molar-refractivity contribution in [3.63, 3.8) is 0 Å². The van der Waals surface area contributed by atoms with E-state index in [0.29, 0.717) is 0 Å². The Morgan fingerprint density at radius 1 is 0.458 bits per heavy atom. The molecular weight excluding hydrogens is 296 g/mol. The number of hydrogen-bond acceptors (Lipinski definition) is 0. The van der Waals surface area contributed by atoms with Gasteiger partial charge in [-0.05, 0) is 36.5 Å². The van der Waals surface area contributed by atoms with Gasteiger partial charge in [0.1, 0.15) is 0 Å². The first kappa shape index (κ1) is 26.2. The second kappa shape index (κ2) is 16.4. The van der Waals surface area contributed by atoms with E-state index < -0.39 is 0 Å². The molecular formula is C22H50O2. The van der Waals surface area contributed by atoms with Crippen LogP contribution in [0.3, 0.4) is 0 Å². The van der Waals surface area contributed by atoms with Gasteiger partial charge >= 0.3 is 0 Å². The zero-order valence-corrected chi connectivity index (χ0v) is 17.2. The SMILES string of the molecule is CC.CC1CCC(C2CCCCC2)CC1.CC1CCCCC1.O.O.[HH]. The smallest absolute Gasteiger partial charge is 0 e. The Hall–Kier alpha value is -0.0800. The van der Waals surface area contributed by atoms with Gasteiger partial charge < -0.3 is 11.0 Å². The van der Waals surface area contributed by atoms with E-state index in [1.54, 1.807) is 25.7 Å². The third kappa shape index (κ3) is 10.7. The van der Waals surface area contributed by atoms with Crippen LogP contribution in [0, 0.1) is 23.7 Å². The molecule has 0 amide bonds. The monoisotopic (exact) mass is 346 g/mol. The highest BCUT2D eigenvalue weighted by atomic mass is 16.0. The van der Waals surface area contributed by atoms with Gasteiger partial charge in [0, 0.05) is 1.43 Å². The lowest BCUT2D eigenvalue weighted by atomic mass is 9.71. The van der Waals surface area contributed by atoms with Gasteiger partial charge in [0.05, 0.1) is 0 Å². The van der Waals surface area contributed by atoms with Crippen molar-refractivity contribution in [2.75, 3.05) is 0 Å².